The van der Waals surface area contributed by atoms with Crippen LogP contribution in [-0.4, -0.2) is 45.0 Å². The summed E-state index contributed by atoms with van der Waals surface area (Å²) in [6, 6.07) is 17.4. The van der Waals surface area contributed by atoms with Crippen molar-refractivity contribution in [1.82, 2.24) is 4.98 Å². The lowest BCUT2D eigenvalue weighted by Crippen LogP contribution is -2.16. The highest BCUT2D eigenvalue weighted by molar-refractivity contribution is 6.07. The molecule has 3 aromatic carbocycles. The van der Waals surface area contributed by atoms with Gasteiger partial charge in [-0.1, -0.05) is 18.2 Å². The molecule has 0 spiro atoms. The van der Waals surface area contributed by atoms with E-state index in [1.165, 1.54) is 12.1 Å². The largest absolute Gasteiger partial charge is 0.493 e. The number of esters is 1. The second-order valence-corrected chi connectivity index (χ2v) is 11.0. The number of fused-ring (bicyclic) bond motifs is 3. The van der Waals surface area contributed by atoms with E-state index >= 15 is 0 Å². The Bertz CT molecular complexity index is 2110. The topological polar surface area (TPSA) is 135 Å². The predicted octanol–water partition coefficient (Wildman–Crippen LogP) is 7.17. The fourth-order valence-electron chi connectivity index (χ4n) is 6.02. The first-order chi connectivity index (χ1) is 23.3. The summed E-state index contributed by atoms with van der Waals surface area (Å²) in [5.74, 6) is 1.04. The number of aromatic nitrogens is 1. The third kappa shape index (κ3) is 6.39. The molecule has 5 aromatic rings. The molecule has 0 saturated heterocycles. The molecule has 48 heavy (non-hydrogen) atoms. The number of hydrogen-bond acceptors (Lipinski definition) is 10. The standard InChI is InChI=1S/C37H34N2O9/c1-5-46-37(42)38-24-13-14-25-23(18-32(40)48-29(25)19-24)20-47-36(41)33-26-10-6-7-12-28(26)39-34-22(9-8-11-27(33)34)15-21-16-30(43-2)35(45-4)31(17-21)44-3/h6-7,10,12-19H,5,8-9,11,20H2,1-4H3,(H,38,42)/b22-15-. The highest BCUT2D eigenvalue weighted by Gasteiger charge is 2.27. The van der Waals surface area contributed by atoms with Crippen molar-refractivity contribution in [2.45, 2.75) is 32.8 Å². The number of nitrogens with zero attached hydrogens (tertiary/aromatic N) is 1. The number of ether oxygens (including phenoxy) is 5. The first-order valence-electron chi connectivity index (χ1n) is 15.4. The molecule has 1 aliphatic rings. The predicted molar refractivity (Wildman–Crippen MR) is 181 cm³/mol. The first kappa shape index (κ1) is 32.1. The number of hydrogen-bond donors (Lipinski definition) is 1. The fourth-order valence-corrected chi connectivity index (χ4v) is 6.02. The van der Waals surface area contributed by atoms with E-state index in [1.807, 2.05) is 42.5 Å². The van der Waals surface area contributed by atoms with Gasteiger partial charge in [-0.25, -0.2) is 19.4 Å². The Morgan fingerprint density at radius 3 is 2.42 bits per heavy atom. The van der Waals surface area contributed by atoms with E-state index in [4.69, 9.17) is 33.1 Å². The molecular formula is C37H34N2O9. The van der Waals surface area contributed by atoms with Crippen LogP contribution < -0.4 is 25.2 Å². The summed E-state index contributed by atoms with van der Waals surface area (Å²) in [4.78, 5) is 43.3. The Labute approximate surface area is 276 Å². The summed E-state index contributed by atoms with van der Waals surface area (Å²) in [6.07, 6.45) is 3.59. The molecule has 1 aliphatic carbocycles. The maximum absolute atomic E-state index is 14.0. The Kier molecular flexibility index (Phi) is 9.29. The highest BCUT2D eigenvalue weighted by atomic mass is 16.5. The smallest absolute Gasteiger partial charge is 0.411 e. The van der Waals surface area contributed by atoms with E-state index in [2.05, 4.69) is 5.32 Å². The molecule has 0 bridgehead atoms. The van der Waals surface area contributed by atoms with Crippen LogP contribution in [0.1, 0.15) is 52.5 Å². The van der Waals surface area contributed by atoms with Gasteiger partial charge in [-0.3, -0.25) is 5.32 Å². The zero-order chi connectivity index (χ0) is 33.8. The third-order valence-corrected chi connectivity index (χ3v) is 8.11. The van der Waals surface area contributed by atoms with E-state index in [-0.39, 0.29) is 18.8 Å². The van der Waals surface area contributed by atoms with Crippen molar-refractivity contribution < 1.29 is 37.7 Å². The average Bonchev–Trinajstić information content (AvgIpc) is 3.09. The van der Waals surface area contributed by atoms with Gasteiger partial charge in [0.25, 0.3) is 0 Å². The van der Waals surface area contributed by atoms with Crippen molar-refractivity contribution >= 4 is 51.3 Å². The number of rotatable bonds is 9. The Morgan fingerprint density at radius 2 is 1.69 bits per heavy atom. The quantitative estimate of drug-likeness (QED) is 0.129. The number of pyridine rings is 1. The minimum Gasteiger partial charge on any atom is -0.493 e. The van der Waals surface area contributed by atoms with Crippen molar-refractivity contribution in [2.75, 3.05) is 33.3 Å². The molecule has 0 atom stereocenters. The second-order valence-electron chi connectivity index (χ2n) is 11.0. The molecule has 11 nitrogen and oxygen atoms in total. The summed E-state index contributed by atoms with van der Waals surface area (Å²) in [5, 5.41) is 3.84. The molecule has 0 radical (unpaired) electrons. The average molecular weight is 651 g/mol. The SMILES string of the molecule is CCOC(=O)Nc1ccc2c(COC(=O)c3c4c(nc5ccccc35)/C(=C\c3cc(OC)c(OC)c(OC)c3)CCC4)cc(=O)oc2c1. The van der Waals surface area contributed by atoms with Crippen molar-refractivity contribution in [3.8, 4) is 17.2 Å². The van der Waals surface area contributed by atoms with Gasteiger partial charge in [0.1, 0.15) is 12.2 Å². The molecule has 0 fully saturated rings. The van der Waals surface area contributed by atoms with Crippen LogP contribution in [0.2, 0.25) is 0 Å². The number of amides is 1. The Hall–Kier alpha value is -5.84. The second kappa shape index (κ2) is 13.9. The van der Waals surface area contributed by atoms with Crippen LogP contribution in [0.4, 0.5) is 10.5 Å². The van der Waals surface area contributed by atoms with Crippen LogP contribution >= 0.6 is 0 Å². The number of benzene rings is 3. The molecule has 6 rings (SSSR count). The van der Waals surface area contributed by atoms with Gasteiger partial charge < -0.3 is 28.1 Å². The number of para-hydroxylation sites is 1. The molecule has 0 saturated carbocycles. The highest BCUT2D eigenvalue weighted by Crippen LogP contribution is 2.41. The van der Waals surface area contributed by atoms with Gasteiger partial charge in [0, 0.05) is 34.2 Å². The lowest BCUT2D eigenvalue weighted by Gasteiger charge is -2.23. The molecule has 2 aromatic heterocycles. The molecular weight excluding hydrogens is 616 g/mol. The molecule has 1 N–H and O–H groups in total. The van der Waals surface area contributed by atoms with Gasteiger partial charge in [0.15, 0.2) is 11.5 Å². The van der Waals surface area contributed by atoms with Gasteiger partial charge in [-0.15, -0.1) is 0 Å². The van der Waals surface area contributed by atoms with Crippen LogP contribution in [0, 0.1) is 0 Å². The van der Waals surface area contributed by atoms with E-state index in [0.29, 0.717) is 56.8 Å². The molecule has 2 heterocycles. The van der Waals surface area contributed by atoms with Gasteiger partial charge in [-0.2, -0.15) is 0 Å². The van der Waals surface area contributed by atoms with Gasteiger partial charge in [-0.05, 0) is 79.3 Å². The van der Waals surface area contributed by atoms with Crippen LogP contribution in [0.25, 0.3) is 33.5 Å². The summed E-state index contributed by atoms with van der Waals surface area (Å²) < 4.78 is 32.8. The minimum atomic E-state index is -0.626. The number of allylic oxidation sites excluding steroid dienone is 1. The normalized spacial score (nSPS) is 13.2. The number of nitrogens with one attached hydrogen (secondary N) is 1. The zero-order valence-corrected chi connectivity index (χ0v) is 27.0. The van der Waals surface area contributed by atoms with Crippen molar-refractivity contribution in [1.29, 1.82) is 0 Å². The lowest BCUT2D eigenvalue weighted by atomic mass is 9.86. The molecule has 1 amide bonds. The molecule has 246 valence electrons. The Morgan fingerprint density at radius 1 is 0.917 bits per heavy atom. The van der Waals surface area contributed by atoms with Gasteiger partial charge >= 0.3 is 17.7 Å². The number of carbonyl (C=O) groups is 2. The Balaban J connectivity index is 1.36. The van der Waals surface area contributed by atoms with Crippen LogP contribution in [0.3, 0.4) is 0 Å². The summed E-state index contributed by atoms with van der Waals surface area (Å²) >= 11 is 0. The minimum absolute atomic E-state index is 0.175. The van der Waals surface area contributed by atoms with Gasteiger partial charge in [0.05, 0.1) is 44.7 Å². The number of anilines is 1. The first-order valence-corrected chi connectivity index (χ1v) is 15.4. The van der Waals surface area contributed by atoms with Crippen LogP contribution in [0.15, 0.2) is 69.9 Å². The number of methoxy groups -OCH3 is 3. The van der Waals surface area contributed by atoms with Crippen molar-refractivity contribution in [3.63, 3.8) is 0 Å². The third-order valence-electron chi connectivity index (χ3n) is 8.11. The lowest BCUT2D eigenvalue weighted by molar-refractivity contribution is 0.0474. The summed E-state index contributed by atoms with van der Waals surface area (Å²) in [5.41, 5.74) is 4.91. The zero-order valence-electron chi connectivity index (χ0n) is 27.0. The summed E-state index contributed by atoms with van der Waals surface area (Å²) in [7, 11) is 4.70. The maximum atomic E-state index is 14.0. The van der Waals surface area contributed by atoms with Gasteiger partial charge in [0.2, 0.25) is 5.75 Å². The van der Waals surface area contributed by atoms with Crippen molar-refractivity contribution in [3.05, 3.63) is 99.0 Å². The molecule has 0 aliphatic heterocycles. The van der Waals surface area contributed by atoms with Crippen molar-refractivity contribution in [2.24, 2.45) is 0 Å². The maximum Gasteiger partial charge on any atom is 0.411 e. The fraction of sp³-hybridized carbons (Fsp3) is 0.243. The summed E-state index contributed by atoms with van der Waals surface area (Å²) in [6.45, 7) is 1.74. The molecule has 0 unspecified atom stereocenters. The van der Waals surface area contributed by atoms with E-state index in [0.717, 1.165) is 35.2 Å². The van der Waals surface area contributed by atoms with Crippen LogP contribution in [0.5, 0.6) is 17.2 Å². The molecule has 11 heteroatoms. The van der Waals surface area contributed by atoms with E-state index < -0.39 is 17.7 Å². The number of carbonyl (C=O) groups excluding carboxylic acids is 2. The monoisotopic (exact) mass is 650 g/mol. The van der Waals surface area contributed by atoms with E-state index in [9.17, 15) is 14.4 Å². The van der Waals surface area contributed by atoms with E-state index in [1.54, 1.807) is 40.4 Å². The van der Waals surface area contributed by atoms with Crippen LogP contribution in [-0.2, 0) is 22.5 Å².